The third-order valence-corrected chi connectivity index (χ3v) is 4.05. The molecule has 2 heterocycles. The van der Waals surface area contributed by atoms with E-state index in [9.17, 15) is 0 Å². The van der Waals surface area contributed by atoms with Crippen LogP contribution in [0.4, 0.5) is 0 Å². The molecule has 0 aliphatic carbocycles. The fraction of sp³-hybridized carbons (Fsp3) is 1.00. The quantitative estimate of drug-likeness (QED) is 0.760. The van der Waals surface area contributed by atoms with Gasteiger partial charge in [0.25, 0.3) is 0 Å². The number of thioether (sulfide) groups is 1. The van der Waals surface area contributed by atoms with Crippen LogP contribution in [0.5, 0.6) is 0 Å². The maximum Gasteiger partial charge on any atom is 0.0979 e. The summed E-state index contributed by atoms with van der Waals surface area (Å²) in [6.07, 6.45) is 2.83. The van der Waals surface area contributed by atoms with Gasteiger partial charge in [0.15, 0.2) is 0 Å². The second-order valence-electron chi connectivity index (χ2n) is 3.97. The Labute approximate surface area is 89.9 Å². The molecule has 0 aromatic heterocycles. The topological polar surface area (TPSA) is 30.5 Å². The number of ether oxygens (including phenoxy) is 2. The van der Waals surface area contributed by atoms with Gasteiger partial charge in [0.05, 0.1) is 25.4 Å². The molecule has 0 radical (unpaired) electrons. The van der Waals surface area contributed by atoms with E-state index < -0.39 is 0 Å². The average Bonchev–Trinajstić information content (AvgIpc) is 2.67. The Morgan fingerprint density at radius 3 is 2.79 bits per heavy atom. The Morgan fingerprint density at radius 1 is 1.29 bits per heavy atom. The highest BCUT2D eigenvalue weighted by molar-refractivity contribution is 7.99. The van der Waals surface area contributed by atoms with Crippen molar-refractivity contribution in [3.8, 4) is 0 Å². The molecule has 0 unspecified atom stereocenters. The van der Waals surface area contributed by atoms with Gasteiger partial charge in [-0.15, -0.1) is 0 Å². The molecule has 0 spiro atoms. The zero-order valence-corrected chi connectivity index (χ0v) is 9.52. The van der Waals surface area contributed by atoms with E-state index in [0.717, 1.165) is 13.2 Å². The van der Waals surface area contributed by atoms with E-state index >= 15 is 0 Å². The third kappa shape index (κ3) is 2.63. The van der Waals surface area contributed by atoms with Gasteiger partial charge in [-0.3, -0.25) is 0 Å². The summed E-state index contributed by atoms with van der Waals surface area (Å²) in [5.74, 6) is 2.59. The van der Waals surface area contributed by atoms with Crippen LogP contribution in [0, 0.1) is 0 Å². The van der Waals surface area contributed by atoms with Crippen LogP contribution in [0.2, 0.25) is 0 Å². The standard InChI is InChI=1S/C10H19NO2S/c1-12-10-7-13-6-9(10)11-8-2-4-14-5-3-8/h8-11H,2-7H2,1H3/t9-,10-/m0/s1. The molecule has 2 saturated heterocycles. The minimum atomic E-state index is 0.254. The van der Waals surface area contributed by atoms with Gasteiger partial charge in [-0.05, 0) is 24.3 Å². The Balaban J connectivity index is 1.77. The maximum atomic E-state index is 5.41. The van der Waals surface area contributed by atoms with Crippen molar-refractivity contribution in [2.45, 2.75) is 31.0 Å². The minimum absolute atomic E-state index is 0.254. The van der Waals surface area contributed by atoms with E-state index in [4.69, 9.17) is 9.47 Å². The number of hydrogen-bond acceptors (Lipinski definition) is 4. The molecule has 2 atom stereocenters. The highest BCUT2D eigenvalue weighted by Gasteiger charge is 2.30. The van der Waals surface area contributed by atoms with Crippen LogP contribution in [0.15, 0.2) is 0 Å². The first-order valence-corrected chi connectivity index (χ1v) is 6.50. The first-order chi connectivity index (χ1) is 6.90. The molecular formula is C10H19NO2S. The molecule has 4 heteroatoms. The summed E-state index contributed by atoms with van der Waals surface area (Å²) < 4.78 is 10.8. The second-order valence-corrected chi connectivity index (χ2v) is 5.20. The lowest BCUT2D eigenvalue weighted by Gasteiger charge is -2.27. The minimum Gasteiger partial charge on any atom is -0.377 e. The largest absolute Gasteiger partial charge is 0.377 e. The lowest BCUT2D eigenvalue weighted by molar-refractivity contribution is 0.0715. The van der Waals surface area contributed by atoms with Crippen molar-refractivity contribution in [2.24, 2.45) is 0 Å². The van der Waals surface area contributed by atoms with Crippen molar-refractivity contribution in [1.82, 2.24) is 5.32 Å². The van der Waals surface area contributed by atoms with Gasteiger partial charge in [-0.1, -0.05) is 0 Å². The highest BCUT2D eigenvalue weighted by atomic mass is 32.2. The van der Waals surface area contributed by atoms with Gasteiger partial charge in [0, 0.05) is 13.2 Å². The smallest absolute Gasteiger partial charge is 0.0979 e. The molecule has 0 amide bonds. The van der Waals surface area contributed by atoms with Gasteiger partial charge >= 0.3 is 0 Å². The van der Waals surface area contributed by atoms with Crippen molar-refractivity contribution >= 4 is 11.8 Å². The number of rotatable bonds is 3. The van der Waals surface area contributed by atoms with Crippen molar-refractivity contribution < 1.29 is 9.47 Å². The van der Waals surface area contributed by atoms with E-state index in [0.29, 0.717) is 12.1 Å². The third-order valence-electron chi connectivity index (χ3n) is 3.00. The van der Waals surface area contributed by atoms with Gasteiger partial charge in [-0.2, -0.15) is 11.8 Å². The van der Waals surface area contributed by atoms with Crippen molar-refractivity contribution in [2.75, 3.05) is 31.8 Å². The Hall–Kier alpha value is 0.230. The van der Waals surface area contributed by atoms with Gasteiger partial charge < -0.3 is 14.8 Å². The number of nitrogens with one attached hydrogen (secondary N) is 1. The van der Waals surface area contributed by atoms with Crippen LogP contribution in [-0.2, 0) is 9.47 Å². The SMILES string of the molecule is CO[C@H]1COC[C@@H]1NC1CCSCC1. The zero-order chi connectivity index (χ0) is 9.80. The first kappa shape index (κ1) is 10.7. The summed E-state index contributed by atoms with van der Waals surface area (Å²) in [4.78, 5) is 0. The molecule has 2 rings (SSSR count). The van der Waals surface area contributed by atoms with Crippen LogP contribution < -0.4 is 5.32 Å². The summed E-state index contributed by atoms with van der Waals surface area (Å²) in [6, 6.07) is 1.09. The predicted octanol–water partition coefficient (Wildman–Crippen LogP) is 0.885. The molecule has 0 bridgehead atoms. The molecule has 2 aliphatic heterocycles. The molecule has 2 fully saturated rings. The van der Waals surface area contributed by atoms with Crippen molar-refractivity contribution in [3.63, 3.8) is 0 Å². The van der Waals surface area contributed by atoms with E-state index in [-0.39, 0.29) is 6.10 Å². The Bertz CT molecular complexity index is 174. The van der Waals surface area contributed by atoms with E-state index in [1.54, 1.807) is 7.11 Å². The Kier molecular flexibility index (Phi) is 4.10. The molecule has 0 aromatic rings. The summed E-state index contributed by atoms with van der Waals surface area (Å²) in [6.45, 7) is 1.55. The van der Waals surface area contributed by atoms with Crippen LogP contribution in [-0.4, -0.2) is 50.0 Å². The fourth-order valence-electron chi connectivity index (χ4n) is 2.09. The maximum absolute atomic E-state index is 5.41. The van der Waals surface area contributed by atoms with Gasteiger partial charge in [0.1, 0.15) is 0 Å². The normalized spacial score (nSPS) is 34.9. The monoisotopic (exact) mass is 217 g/mol. The van der Waals surface area contributed by atoms with Crippen molar-refractivity contribution in [1.29, 1.82) is 0 Å². The lowest BCUT2D eigenvalue weighted by atomic mass is 10.1. The summed E-state index contributed by atoms with van der Waals surface area (Å²) >= 11 is 2.06. The van der Waals surface area contributed by atoms with E-state index in [2.05, 4.69) is 17.1 Å². The van der Waals surface area contributed by atoms with E-state index in [1.165, 1.54) is 24.3 Å². The molecule has 14 heavy (non-hydrogen) atoms. The van der Waals surface area contributed by atoms with Gasteiger partial charge in [-0.25, -0.2) is 0 Å². The molecule has 1 N–H and O–H groups in total. The molecule has 82 valence electrons. The summed E-state index contributed by atoms with van der Waals surface area (Å²) in [5, 5.41) is 3.66. The first-order valence-electron chi connectivity index (χ1n) is 5.34. The highest BCUT2D eigenvalue weighted by Crippen LogP contribution is 2.19. The fourth-order valence-corrected chi connectivity index (χ4v) is 3.20. The summed E-state index contributed by atoms with van der Waals surface area (Å²) in [5.41, 5.74) is 0. The number of methoxy groups -OCH3 is 1. The molecule has 2 aliphatic rings. The Morgan fingerprint density at radius 2 is 2.07 bits per heavy atom. The van der Waals surface area contributed by atoms with Gasteiger partial charge in [0.2, 0.25) is 0 Å². The number of hydrogen-bond donors (Lipinski definition) is 1. The lowest BCUT2D eigenvalue weighted by Crippen LogP contribution is -2.46. The van der Waals surface area contributed by atoms with E-state index in [1.807, 2.05) is 0 Å². The second kappa shape index (κ2) is 5.35. The van der Waals surface area contributed by atoms with Crippen LogP contribution >= 0.6 is 11.8 Å². The van der Waals surface area contributed by atoms with Crippen molar-refractivity contribution in [3.05, 3.63) is 0 Å². The van der Waals surface area contributed by atoms with Crippen LogP contribution in [0.1, 0.15) is 12.8 Å². The molecule has 0 saturated carbocycles. The molecule has 3 nitrogen and oxygen atoms in total. The van der Waals surface area contributed by atoms with Crippen LogP contribution in [0.25, 0.3) is 0 Å². The molecule has 0 aromatic carbocycles. The average molecular weight is 217 g/mol. The van der Waals surface area contributed by atoms with Crippen LogP contribution in [0.3, 0.4) is 0 Å². The predicted molar refractivity (Wildman–Crippen MR) is 58.9 cm³/mol. The molecular weight excluding hydrogens is 198 g/mol. The zero-order valence-electron chi connectivity index (χ0n) is 8.70. The summed E-state index contributed by atoms with van der Waals surface area (Å²) in [7, 11) is 1.77.